The Morgan fingerprint density at radius 3 is 1.71 bits per heavy atom. The van der Waals surface area contributed by atoms with Crippen LogP contribution in [0.2, 0.25) is 0 Å². The summed E-state index contributed by atoms with van der Waals surface area (Å²) >= 11 is 8.86. The topological polar surface area (TPSA) is 289 Å². The van der Waals surface area contributed by atoms with Gasteiger partial charge < -0.3 is 50.5 Å². The monoisotopic (exact) mass is 1460 g/mol. The zero-order valence-electron chi connectivity index (χ0n) is 48.5. The Bertz CT molecular complexity index is 3780. The van der Waals surface area contributed by atoms with Crippen molar-refractivity contribution in [2.45, 2.75) is 104 Å². The van der Waals surface area contributed by atoms with Gasteiger partial charge in [-0.2, -0.15) is 11.8 Å². The van der Waals surface area contributed by atoms with Gasteiger partial charge in [-0.15, -0.1) is 23.3 Å². The fourth-order valence-electron chi connectivity index (χ4n) is 11.9. The predicted octanol–water partition coefficient (Wildman–Crippen LogP) is 7.68. The Labute approximate surface area is 542 Å². The smallest absolute Gasteiger partial charge is 0.319 e. The number of amides is 8. The molecule has 8 atom stereocenters. The first-order chi connectivity index (χ1) is 43.9. The number of terminal acetylenes is 1. The number of fused-ring (bicyclic) bond motifs is 10. The number of nitrogens with one attached hydrogen (secondary N) is 6. The van der Waals surface area contributed by atoms with Crippen molar-refractivity contribution in [3.8, 4) is 23.5 Å². The number of likely N-dealkylation sites (N-methyl/N-ethyl adjacent to an activating group) is 2. The lowest BCUT2D eigenvalue weighted by Crippen LogP contribution is -2.57. The summed E-state index contributed by atoms with van der Waals surface area (Å²) in [6.07, 6.45) is 11.1. The van der Waals surface area contributed by atoms with Crippen molar-refractivity contribution >= 4 is 91.1 Å². The number of rotatable bonds is 21. The largest absolute Gasteiger partial charge is 0.353 e. The lowest BCUT2D eigenvalue weighted by atomic mass is 10.0. The van der Waals surface area contributed by atoms with E-state index < -0.39 is 85.7 Å². The highest BCUT2D eigenvalue weighted by Crippen LogP contribution is 2.50. The fourth-order valence-corrected chi connectivity index (χ4v) is 14.4. The van der Waals surface area contributed by atoms with Crippen molar-refractivity contribution in [3.63, 3.8) is 0 Å². The molecule has 4 aliphatic heterocycles. The second-order valence-corrected chi connectivity index (χ2v) is 25.1. The quantitative estimate of drug-likeness (QED) is 0.00475. The van der Waals surface area contributed by atoms with Crippen LogP contribution in [0.15, 0.2) is 49.7 Å². The van der Waals surface area contributed by atoms with Gasteiger partial charge in [-0.25, -0.2) is 49.1 Å². The van der Waals surface area contributed by atoms with E-state index in [4.69, 9.17) is 21.4 Å². The van der Waals surface area contributed by atoms with E-state index in [1.807, 2.05) is 33.7 Å². The summed E-state index contributed by atoms with van der Waals surface area (Å²) < 4.78 is 144. The molecule has 24 nitrogen and oxygen atoms in total. The van der Waals surface area contributed by atoms with E-state index in [9.17, 15) is 68.3 Å². The van der Waals surface area contributed by atoms with E-state index in [0.717, 1.165) is 15.0 Å². The Kier molecular flexibility index (Phi) is 21.5. The summed E-state index contributed by atoms with van der Waals surface area (Å²) in [4.78, 5) is 77.8. The molecule has 3 aromatic heterocycles. The first-order valence-corrected chi connectivity index (χ1v) is 31.9. The van der Waals surface area contributed by atoms with Crippen LogP contribution >= 0.6 is 55.4 Å². The molecule has 37 heteroatoms. The number of aryl methyl sites for hydroxylation is 1. The van der Waals surface area contributed by atoms with Gasteiger partial charge in [0.15, 0.2) is 58.0 Å². The Hall–Kier alpha value is -7.62. The predicted molar refractivity (Wildman–Crippen MR) is 318 cm³/mol. The van der Waals surface area contributed by atoms with E-state index in [1.54, 1.807) is 52.5 Å². The molecule has 6 N–H and O–H groups in total. The first-order valence-electron chi connectivity index (χ1n) is 28.0. The van der Waals surface area contributed by atoms with Crippen molar-refractivity contribution in [1.82, 2.24) is 65.8 Å². The van der Waals surface area contributed by atoms with Gasteiger partial charge in [0, 0.05) is 75.9 Å². The van der Waals surface area contributed by atoms with Gasteiger partial charge in [0.25, 0.3) is 11.8 Å². The maximum atomic E-state index is 14.3. The normalized spacial score (nSPS) is 22.8. The summed E-state index contributed by atoms with van der Waals surface area (Å²) in [6, 6.07) is 5.44. The molecule has 11 rings (SSSR count). The molecule has 0 spiro atoms. The van der Waals surface area contributed by atoms with Gasteiger partial charge in [0.2, 0.25) is 17.6 Å². The molecule has 2 aromatic carbocycles. The van der Waals surface area contributed by atoms with Crippen LogP contribution in [0.25, 0.3) is 21.6 Å². The molecule has 2 saturated heterocycles. The summed E-state index contributed by atoms with van der Waals surface area (Å²) in [5.74, 6) is -20.6. The first kappa shape index (κ1) is 68.7. The van der Waals surface area contributed by atoms with E-state index in [-0.39, 0.29) is 96.5 Å². The number of carbonyl (C=O) groups excluding carboxylic acids is 6. The third-order valence-electron chi connectivity index (χ3n) is 16.2. The van der Waals surface area contributed by atoms with Crippen LogP contribution < -0.4 is 31.9 Å². The number of nitrogens with zero attached hydrogens (tertiary/aromatic N) is 10. The minimum absolute atomic E-state index is 0.00247. The highest BCUT2D eigenvalue weighted by atomic mass is 79.9. The van der Waals surface area contributed by atoms with Gasteiger partial charge in [0.05, 0.1) is 75.3 Å². The molecule has 8 amide bonds. The van der Waals surface area contributed by atoms with Crippen LogP contribution in [0, 0.1) is 64.7 Å². The lowest BCUT2D eigenvalue weighted by Gasteiger charge is -2.35. The second-order valence-electron chi connectivity index (χ2n) is 21.4. The number of benzene rings is 2. The Balaban J connectivity index is 0.000000165. The Morgan fingerprint density at radius 2 is 1.21 bits per heavy atom. The van der Waals surface area contributed by atoms with E-state index >= 15 is 0 Å². The minimum Gasteiger partial charge on any atom is -0.353 e. The van der Waals surface area contributed by atoms with Crippen molar-refractivity contribution in [3.05, 3.63) is 120 Å². The molecule has 492 valence electrons. The number of thioether (sulfide) groups is 2. The molecule has 2 aliphatic carbocycles. The van der Waals surface area contributed by atoms with Gasteiger partial charge in [-0.3, -0.25) is 33.7 Å². The number of hydrogen-bond donors (Lipinski definition) is 6. The van der Waals surface area contributed by atoms with E-state index in [1.165, 1.54) is 0 Å². The van der Waals surface area contributed by atoms with Crippen molar-refractivity contribution in [2.75, 3.05) is 58.2 Å². The van der Waals surface area contributed by atoms with Crippen molar-refractivity contribution in [2.24, 2.45) is 5.11 Å². The average Bonchev–Trinajstić information content (AvgIpc) is 1.53. The molecule has 0 unspecified atom stereocenters. The molecule has 7 heterocycles. The average molecular weight is 1460 g/mol. The number of azide groups is 1. The zero-order chi connectivity index (χ0) is 66.7. The molecule has 5 aromatic rings. The summed E-state index contributed by atoms with van der Waals surface area (Å²) in [5.41, 5.74) is 4.25. The lowest BCUT2D eigenvalue weighted by molar-refractivity contribution is -0.121. The molecule has 2 saturated carbocycles. The number of ether oxygens (including phenoxy) is 2. The summed E-state index contributed by atoms with van der Waals surface area (Å²) in [6.45, 7) is 1.87. The van der Waals surface area contributed by atoms with Gasteiger partial charge in [0.1, 0.15) is 29.2 Å². The summed E-state index contributed by atoms with van der Waals surface area (Å²) in [5, 5.41) is 28.9. The Morgan fingerprint density at radius 1 is 0.728 bits per heavy atom. The van der Waals surface area contributed by atoms with Crippen LogP contribution in [-0.2, 0) is 32.2 Å². The van der Waals surface area contributed by atoms with Gasteiger partial charge >= 0.3 is 12.1 Å². The second kappa shape index (κ2) is 28.7. The molecule has 4 fully saturated rings. The molecular formula is C55H55Br2F9N16O8S2. The van der Waals surface area contributed by atoms with Gasteiger partial charge in [-0.05, 0) is 80.8 Å². The van der Waals surface area contributed by atoms with Gasteiger partial charge in [-0.1, -0.05) is 16.2 Å². The van der Waals surface area contributed by atoms with Crippen LogP contribution in [0.4, 0.5) is 49.1 Å². The van der Waals surface area contributed by atoms with E-state index in [2.05, 4.69) is 90.0 Å². The van der Waals surface area contributed by atoms with E-state index in [0.29, 0.717) is 82.0 Å². The third-order valence-corrected chi connectivity index (χ3v) is 19.2. The van der Waals surface area contributed by atoms with Crippen LogP contribution in [0.3, 0.4) is 0 Å². The van der Waals surface area contributed by atoms with Crippen molar-refractivity contribution < 1.29 is 77.8 Å². The molecule has 92 heavy (non-hydrogen) atoms. The molecular weight excluding hydrogens is 1410 g/mol. The highest BCUT2D eigenvalue weighted by Gasteiger charge is 2.66. The SMILES string of the molecule is C#CCNC(=O)CCSc1c(F)c(F)c(-c2c(F)c(F)c(F)c(F)c2F)c(F)c1F.CN1C(=O)N[C@H]2[C@@H]3NC(=O)c4ccc(Br)n4[C@@H]3C[C@]21OCCCN=[N+]=[N-].CSCCC(=O)NCc1cn(CCCO[C@@]23C[C@@H]4[C@@H](NC(=O)c5ccc(Br)n54)[C@@H]2NC(=O)N3C)nn1. The maximum Gasteiger partial charge on any atom is 0.319 e. The number of urea groups is 2. The van der Waals surface area contributed by atoms with Crippen LogP contribution in [0.1, 0.15) is 77.3 Å². The molecule has 0 bridgehead atoms. The highest BCUT2D eigenvalue weighted by molar-refractivity contribution is 9.10. The number of halogens is 11. The minimum atomic E-state index is -2.64. The zero-order valence-corrected chi connectivity index (χ0v) is 53.3. The maximum absolute atomic E-state index is 14.3. The standard InChI is InChI=1S/C22H29BrN8O4S.C18H8F9NOS.C15H18BrN7O3/c1-29-21(34)26-19-18-15(31-14(20(33)25-18)4-5-16(31)23)10-22(19,29)35-8-3-7-30-12-13(27-28-30)11-24-17(32)6-9-36-2;1-2-4-28-6(29)3-5-30-18-16(26)11(21)8(12(22)17(18)27)7-9(19)13(23)15(25)14(24)10(7)20;1-22-14(25)20-12-11-9(7-15(12,22)26-6-2-5-18-21-17)23-8(13(24)19-11)3-4-10(23)16/h4-5,12,15,18-19H,3,6-11H2,1-2H3,(H,24,32)(H,25,33)(H,26,34);1H,3-5H2,(H,28,29);3-4,9,11-12H,2,5-7H2,1H3,(H,19,24)(H,20,25)/t15-,18-,19+,22+;;9-,11-,12+,15+/m1.1/s1. The number of hydrogen-bond acceptors (Lipinski definition) is 13. The molecule has 0 radical (unpaired) electrons. The van der Waals surface area contributed by atoms with Crippen LogP contribution in [-0.4, -0.2) is 163 Å². The van der Waals surface area contributed by atoms with Crippen molar-refractivity contribution in [1.29, 1.82) is 0 Å². The molecule has 6 aliphatic rings. The summed E-state index contributed by atoms with van der Waals surface area (Å²) in [7, 11) is 3.44. The number of carbonyl (C=O) groups is 6. The third kappa shape index (κ3) is 13.1. The fraction of sp³-hybridized carbons (Fsp3) is 0.455. The number of aromatic nitrogens is 5. The van der Waals surface area contributed by atoms with Crippen LogP contribution in [0.5, 0.6) is 0 Å².